The van der Waals surface area contributed by atoms with Gasteiger partial charge in [0.05, 0.1) is 5.92 Å². The lowest BCUT2D eigenvalue weighted by atomic mass is 10.1. The number of likely N-dealkylation sites (tertiary alicyclic amines) is 1. The third-order valence-electron chi connectivity index (χ3n) is 3.30. The molecule has 0 aliphatic carbocycles. The number of carbonyl (C=O) groups excluding carboxylic acids is 1. The molecule has 0 aromatic heterocycles. The topological polar surface area (TPSA) is 57.6 Å². The van der Waals surface area contributed by atoms with E-state index in [0.717, 1.165) is 0 Å². The lowest BCUT2D eigenvalue weighted by molar-refractivity contribution is -0.141. The lowest BCUT2D eigenvalue weighted by Gasteiger charge is -2.15. The summed E-state index contributed by atoms with van der Waals surface area (Å²) < 4.78 is 13.4. The average Bonchev–Trinajstić information content (AvgIpc) is 2.91. The Bertz CT molecular complexity index is 509. The minimum Gasteiger partial charge on any atom is -0.481 e. The van der Waals surface area contributed by atoms with E-state index in [1.54, 1.807) is 23.1 Å². The van der Waals surface area contributed by atoms with E-state index in [1.807, 2.05) is 0 Å². The molecule has 20 heavy (non-hydrogen) atoms. The maximum Gasteiger partial charge on any atom is 0.308 e. The number of aliphatic carboxylic acids is 1. The van der Waals surface area contributed by atoms with Crippen molar-refractivity contribution in [3.8, 4) is 0 Å². The molecule has 0 radical (unpaired) electrons. The number of rotatable bonds is 5. The van der Waals surface area contributed by atoms with Crippen molar-refractivity contribution in [1.29, 1.82) is 0 Å². The lowest BCUT2D eigenvalue weighted by Crippen LogP contribution is -2.30. The predicted molar refractivity (Wildman–Crippen MR) is 74.1 cm³/mol. The van der Waals surface area contributed by atoms with E-state index >= 15 is 0 Å². The number of carboxylic acids is 1. The molecule has 2 rings (SSSR count). The average molecular weight is 297 g/mol. The van der Waals surface area contributed by atoms with Gasteiger partial charge >= 0.3 is 5.97 Å². The monoisotopic (exact) mass is 297 g/mol. The molecule has 1 aliphatic heterocycles. The molecule has 1 atom stereocenters. The molecule has 1 fully saturated rings. The predicted octanol–water partition coefficient (Wildman–Crippen LogP) is 2.24. The SMILES string of the molecule is O=C(O)C1CCN(C(=O)CCSc2ccccc2F)C1. The van der Waals surface area contributed by atoms with Gasteiger partial charge in [-0.05, 0) is 18.6 Å². The third kappa shape index (κ3) is 3.72. The van der Waals surface area contributed by atoms with Gasteiger partial charge in [-0.25, -0.2) is 4.39 Å². The molecule has 0 bridgehead atoms. The molecular formula is C14H16FNO3S. The Morgan fingerprint density at radius 1 is 1.40 bits per heavy atom. The zero-order chi connectivity index (χ0) is 14.5. The summed E-state index contributed by atoms with van der Waals surface area (Å²) in [4.78, 5) is 24.9. The molecule has 108 valence electrons. The van der Waals surface area contributed by atoms with Crippen LogP contribution in [-0.4, -0.2) is 40.7 Å². The van der Waals surface area contributed by atoms with E-state index in [0.29, 0.717) is 36.6 Å². The van der Waals surface area contributed by atoms with Gasteiger partial charge in [0.1, 0.15) is 5.82 Å². The van der Waals surface area contributed by atoms with Crippen LogP contribution in [-0.2, 0) is 9.59 Å². The number of nitrogens with zero attached hydrogens (tertiary/aromatic N) is 1. The standard InChI is InChI=1S/C14H16FNO3S/c15-11-3-1-2-4-12(11)20-8-6-13(17)16-7-5-10(9-16)14(18)19/h1-4,10H,5-9H2,(H,18,19). The van der Waals surface area contributed by atoms with Crippen molar-refractivity contribution in [2.45, 2.75) is 17.7 Å². The third-order valence-corrected chi connectivity index (χ3v) is 4.35. The van der Waals surface area contributed by atoms with E-state index in [1.165, 1.54) is 17.8 Å². The molecule has 0 saturated carbocycles. The molecule has 1 saturated heterocycles. The Morgan fingerprint density at radius 2 is 2.15 bits per heavy atom. The molecule has 1 aromatic carbocycles. The molecule has 1 heterocycles. The second-order valence-corrected chi connectivity index (χ2v) is 5.83. The van der Waals surface area contributed by atoms with Gasteiger partial charge in [-0.3, -0.25) is 9.59 Å². The highest BCUT2D eigenvalue weighted by atomic mass is 32.2. The summed E-state index contributed by atoms with van der Waals surface area (Å²) in [6.45, 7) is 0.790. The van der Waals surface area contributed by atoms with Gasteiger partial charge in [0.15, 0.2) is 0 Å². The van der Waals surface area contributed by atoms with E-state index in [-0.39, 0.29) is 11.7 Å². The van der Waals surface area contributed by atoms with Gasteiger partial charge < -0.3 is 10.0 Å². The fraction of sp³-hybridized carbons (Fsp3) is 0.429. The Labute approximate surface area is 121 Å². The van der Waals surface area contributed by atoms with Crippen LogP contribution in [0, 0.1) is 11.7 Å². The van der Waals surface area contributed by atoms with Crippen LogP contribution in [0.3, 0.4) is 0 Å². The number of halogens is 1. The summed E-state index contributed by atoms with van der Waals surface area (Å²) in [7, 11) is 0. The fourth-order valence-electron chi connectivity index (χ4n) is 2.16. The largest absolute Gasteiger partial charge is 0.481 e. The Kier molecular flexibility index (Phi) is 5.00. The Hall–Kier alpha value is -1.56. The van der Waals surface area contributed by atoms with Crippen LogP contribution >= 0.6 is 11.8 Å². The van der Waals surface area contributed by atoms with E-state index < -0.39 is 11.9 Å². The summed E-state index contributed by atoms with van der Waals surface area (Å²) in [6, 6.07) is 6.45. The van der Waals surface area contributed by atoms with E-state index in [9.17, 15) is 14.0 Å². The first-order valence-electron chi connectivity index (χ1n) is 6.46. The molecule has 6 heteroatoms. The van der Waals surface area contributed by atoms with Crippen molar-refractivity contribution in [1.82, 2.24) is 4.90 Å². The number of benzene rings is 1. The summed E-state index contributed by atoms with van der Waals surface area (Å²) >= 11 is 1.30. The van der Waals surface area contributed by atoms with Crippen LogP contribution in [0.1, 0.15) is 12.8 Å². The molecule has 1 N–H and O–H groups in total. The zero-order valence-corrected chi connectivity index (χ0v) is 11.7. The molecule has 0 spiro atoms. The van der Waals surface area contributed by atoms with Crippen LogP contribution in [0.4, 0.5) is 4.39 Å². The van der Waals surface area contributed by atoms with Crippen LogP contribution in [0.2, 0.25) is 0 Å². The normalized spacial score (nSPS) is 18.2. The Balaban J connectivity index is 1.76. The van der Waals surface area contributed by atoms with Gasteiger partial charge in [0, 0.05) is 30.2 Å². The number of thioether (sulfide) groups is 1. The van der Waals surface area contributed by atoms with E-state index in [2.05, 4.69) is 0 Å². The van der Waals surface area contributed by atoms with Gasteiger partial charge in [-0.15, -0.1) is 11.8 Å². The first kappa shape index (κ1) is 14.8. The minimum absolute atomic E-state index is 0.0578. The molecule has 4 nitrogen and oxygen atoms in total. The smallest absolute Gasteiger partial charge is 0.308 e. The second-order valence-electron chi connectivity index (χ2n) is 4.69. The van der Waals surface area contributed by atoms with Crippen LogP contribution < -0.4 is 0 Å². The first-order valence-corrected chi connectivity index (χ1v) is 7.44. The maximum atomic E-state index is 13.4. The van der Waals surface area contributed by atoms with E-state index in [4.69, 9.17) is 5.11 Å². The highest BCUT2D eigenvalue weighted by Crippen LogP contribution is 2.23. The van der Waals surface area contributed by atoms with Crippen molar-refractivity contribution in [2.75, 3.05) is 18.8 Å². The van der Waals surface area contributed by atoms with Gasteiger partial charge in [-0.2, -0.15) is 0 Å². The molecule has 1 aromatic rings. The van der Waals surface area contributed by atoms with Crippen molar-refractivity contribution < 1.29 is 19.1 Å². The fourth-order valence-corrected chi connectivity index (χ4v) is 3.03. The Morgan fingerprint density at radius 3 is 2.80 bits per heavy atom. The van der Waals surface area contributed by atoms with Crippen LogP contribution in [0.15, 0.2) is 29.2 Å². The molecule has 1 aliphatic rings. The summed E-state index contributed by atoms with van der Waals surface area (Å²) in [5, 5.41) is 8.88. The highest BCUT2D eigenvalue weighted by molar-refractivity contribution is 7.99. The molecular weight excluding hydrogens is 281 g/mol. The van der Waals surface area contributed by atoms with Crippen molar-refractivity contribution >= 4 is 23.6 Å². The molecule has 1 unspecified atom stereocenters. The van der Waals surface area contributed by atoms with Crippen LogP contribution in [0.25, 0.3) is 0 Å². The number of carboxylic acid groups (broad SMARTS) is 1. The van der Waals surface area contributed by atoms with Gasteiger partial charge in [0.25, 0.3) is 0 Å². The number of amides is 1. The minimum atomic E-state index is -0.846. The first-order chi connectivity index (χ1) is 9.58. The highest BCUT2D eigenvalue weighted by Gasteiger charge is 2.30. The summed E-state index contributed by atoms with van der Waals surface area (Å²) in [6.07, 6.45) is 0.812. The zero-order valence-electron chi connectivity index (χ0n) is 10.9. The maximum absolute atomic E-state index is 13.4. The van der Waals surface area contributed by atoms with Crippen LogP contribution in [0.5, 0.6) is 0 Å². The number of hydrogen-bond donors (Lipinski definition) is 1. The second kappa shape index (κ2) is 6.74. The summed E-state index contributed by atoms with van der Waals surface area (Å²) in [5.41, 5.74) is 0. The van der Waals surface area contributed by atoms with Crippen molar-refractivity contribution in [2.24, 2.45) is 5.92 Å². The van der Waals surface area contributed by atoms with Crippen molar-refractivity contribution in [3.05, 3.63) is 30.1 Å². The number of carbonyl (C=O) groups is 2. The number of hydrogen-bond acceptors (Lipinski definition) is 3. The quantitative estimate of drug-likeness (QED) is 0.847. The molecule has 1 amide bonds. The van der Waals surface area contributed by atoms with Crippen molar-refractivity contribution in [3.63, 3.8) is 0 Å². The van der Waals surface area contributed by atoms with Gasteiger partial charge in [-0.1, -0.05) is 12.1 Å². The summed E-state index contributed by atoms with van der Waals surface area (Å²) in [5.74, 6) is -1.14. The van der Waals surface area contributed by atoms with Gasteiger partial charge in [0.2, 0.25) is 5.91 Å².